The Kier molecular flexibility index (Phi) is 4.94. The summed E-state index contributed by atoms with van der Waals surface area (Å²) in [5.74, 6) is 2.72. The monoisotopic (exact) mass is 333 g/mol. The molecule has 3 heterocycles. The third kappa shape index (κ3) is 3.81. The molecule has 0 spiro atoms. The first-order valence-electron chi connectivity index (χ1n) is 8.27. The van der Waals surface area contributed by atoms with E-state index in [1.54, 1.807) is 20.0 Å². The Balaban J connectivity index is 1.61. The number of oxazole rings is 1. The van der Waals surface area contributed by atoms with Crippen LogP contribution in [0.2, 0.25) is 0 Å². The van der Waals surface area contributed by atoms with Crippen molar-refractivity contribution >= 4 is 5.91 Å². The molecule has 2 aromatic rings. The van der Waals surface area contributed by atoms with E-state index in [0.29, 0.717) is 30.7 Å². The van der Waals surface area contributed by atoms with Gasteiger partial charge in [0.25, 0.3) is 0 Å². The summed E-state index contributed by atoms with van der Waals surface area (Å²) in [6.45, 7) is 8.12. The van der Waals surface area contributed by atoms with Gasteiger partial charge in [-0.2, -0.15) is 4.98 Å². The minimum absolute atomic E-state index is 0.0357. The number of rotatable bonds is 6. The number of aryl methyl sites for hydroxylation is 2. The normalized spacial score (nSPS) is 18.2. The fourth-order valence-corrected chi connectivity index (χ4v) is 3.04. The van der Waals surface area contributed by atoms with Gasteiger partial charge in [-0.05, 0) is 6.42 Å². The van der Waals surface area contributed by atoms with Crippen molar-refractivity contribution in [2.45, 2.75) is 52.7 Å². The van der Waals surface area contributed by atoms with E-state index >= 15 is 0 Å². The molecule has 0 radical (unpaired) electrons. The van der Waals surface area contributed by atoms with Crippen LogP contribution >= 0.6 is 0 Å². The van der Waals surface area contributed by atoms with E-state index < -0.39 is 0 Å². The average Bonchev–Trinajstić information content (AvgIpc) is 3.26. The van der Waals surface area contributed by atoms with Gasteiger partial charge < -0.3 is 13.8 Å². The molecule has 24 heavy (non-hydrogen) atoms. The minimum Gasteiger partial charge on any atom is -0.444 e. The molecule has 8 heteroatoms. The molecular weight excluding hydrogens is 310 g/mol. The lowest BCUT2D eigenvalue weighted by atomic mass is 10.2. The topological polar surface area (TPSA) is 88.5 Å². The summed E-state index contributed by atoms with van der Waals surface area (Å²) in [6, 6.07) is 0.146. The van der Waals surface area contributed by atoms with E-state index in [9.17, 15) is 4.79 Å². The fourth-order valence-electron chi connectivity index (χ4n) is 3.04. The molecule has 0 aliphatic carbocycles. The molecular formula is C16H23N5O3. The van der Waals surface area contributed by atoms with Crippen LogP contribution in [0, 0.1) is 6.92 Å². The van der Waals surface area contributed by atoms with Crippen molar-refractivity contribution in [2.75, 3.05) is 13.1 Å². The van der Waals surface area contributed by atoms with Gasteiger partial charge >= 0.3 is 0 Å². The third-order valence-corrected chi connectivity index (χ3v) is 4.28. The predicted octanol–water partition coefficient (Wildman–Crippen LogP) is 1.55. The molecule has 130 valence electrons. The minimum atomic E-state index is 0.0357. The zero-order valence-corrected chi connectivity index (χ0v) is 14.4. The van der Waals surface area contributed by atoms with Gasteiger partial charge in [0.15, 0.2) is 5.82 Å². The number of nitrogens with zero attached hydrogens (tertiary/aromatic N) is 5. The second-order valence-electron chi connectivity index (χ2n) is 6.13. The molecule has 0 N–H and O–H groups in total. The summed E-state index contributed by atoms with van der Waals surface area (Å²) in [4.78, 5) is 24.7. The van der Waals surface area contributed by atoms with Crippen molar-refractivity contribution < 1.29 is 13.7 Å². The molecule has 1 unspecified atom stereocenters. The predicted molar refractivity (Wildman–Crippen MR) is 84.8 cm³/mol. The Bertz CT molecular complexity index is 695. The maximum Gasteiger partial charge on any atom is 0.223 e. The lowest BCUT2D eigenvalue weighted by Crippen LogP contribution is -2.40. The maximum absolute atomic E-state index is 12.1. The second-order valence-corrected chi connectivity index (χ2v) is 6.13. The summed E-state index contributed by atoms with van der Waals surface area (Å²) in [5, 5.41) is 3.93. The van der Waals surface area contributed by atoms with Crippen molar-refractivity contribution in [1.82, 2.24) is 24.9 Å². The van der Waals surface area contributed by atoms with E-state index in [1.165, 1.54) is 0 Å². The van der Waals surface area contributed by atoms with Crippen LogP contribution in [0.5, 0.6) is 0 Å². The Morgan fingerprint density at radius 2 is 2.33 bits per heavy atom. The highest BCUT2D eigenvalue weighted by Crippen LogP contribution is 2.20. The molecule has 1 aliphatic rings. The van der Waals surface area contributed by atoms with E-state index in [1.807, 2.05) is 11.8 Å². The standard InChI is InChI=1S/C16H23N5O3/c1-4-14-7-17-16(23-14)10-21(12(3)22)13-5-6-20(8-13)9-15-18-11(2)24-19-15/h7,13H,4-6,8-10H2,1-3H3. The number of carbonyl (C=O) groups is 1. The van der Waals surface area contributed by atoms with Gasteiger partial charge in [0.05, 0.1) is 19.3 Å². The van der Waals surface area contributed by atoms with Crippen LogP contribution in [0.1, 0.15) is 43.6 Å². The molecule has 0 aromatic carbocycles. The van der Waals surface area contributed by atoms with Crippen LogP contribution in [0.25, 0.3) is 0 Å². The molecule has 8 nitrogen and oxygen atoms in total. The van der Waals surface area contributed by atoms with Gasteiger partial charge in [0.1, 0.15) is 5.76 Å². The fraction of sp³-hybridized carbons (Fsp3) is 0.625. The summed E-state index contributed by atoms with van der Waals surface area (Å²) in [6.07, 6.45) is 3.44. The Labute approximate surface area is 140 Å². The van der Waals surface area contributed by atoms with Gasteiger partial charge in [0, 0.05) is 39.4 Å². The first-order chi connectivity index (χ1) is 11.5. The number of aromatic nitrogens is 3. The molecule has 3 rings (SSSR count). The molecule has 1 atom stereocenters. The Morgan fingerprint density at radius 1 is 1.50 bits per heavy atom. The number of hydrogen-bond donors (Lipinski definition) is 0. The van der Waals surface area contributed by atoms with Crippen molar-refractivity contribution in [2.24, 2.45) is 0 Å². The molecule has 2 aromatic heterocycles. The highest BCUT2D eigenvalue weighted by atomic mass is 16.5. The van der Waals surface area contributed by atoms with Crippen LogP contribution in [0.3, 0.4) is 0 Å². The number of carbonyl (C=O) groups excluding carboxylic acids is 1. The molecule has 0 bridgehead atoms. The Morgan fingerprint density at radius 3 is 2.96 bits per heavy atom. The maximum atomic E-state index is 12.1. The SMILES string of the molecule is CCc1cnc(CN(C(C)=O)C2CCN(Cc3noc(C)n3)C2)o1. The summed E-state index contributed by atoms with van der Waals surface area (Å²) in [5.41, 5.74) is 0. The lowest BCUT2D eigenvalue weighted by Gasteiger charge is -2.26. The van der Waals surface area contributed by atoms with Crippen LogP contribution in [-0.2, 0) is 24.3 Å². The quantitative estimate of drug-likeness (QED) is 0.792. The zero-order valence-electron chi connectivity index (χ0n) is 14.4. The summed E-state index contributed by atoms with van der Waals surface area (Å²) in [7, 11) is 0. The van der Waals surface area contributed by atoms with Crippen molar-refractivity contribution in [3.8, 4) is 0 Å². The first kappa shape index (κ1) is 16.6. The van der Waals surface area contributed by atoms with E-state index in [0.717, 1.165) is 31.7 Å². The van der Waals surface area contributed by atoms with Crippen LogP contribution in [0.4, 0.5) is 0 Å². The second kappa shape index (κ2) is 7.12. The van der Waals surface area contributed by atoms with Crippen LogP contribution < -0.4 is 0 Å². The zero-order chi connectivity index (χ0) is 17.1. The van der Waals surface area contributed by atoms with Gasteiger partial charge in [0.2, 0.25) is 17.7 Å². The average molecular weight is 333 g/mol. The van der Waals surface area contributed by atoms with Crippen LogP contribution in [0.15, 0.2) is 15.1 Å². The van der Waals surface area contributed by atoms with Crippen LogP contribution in [-0.4, -0.2) is 50.0 Å². The molecule has 1 fully saturated rings. The van der Waals surface area contributed by atoms with E-state index in [2.05, 4.69) is 20.0 Å². The van der Waals surface area contributed by atoms with Gasteiger partial charge in [-0.1, -0.05) is 12.1 Å². The van der Waals surface area contributed by atoms with Crippen molar-refractivity contribution in [1.29, 1.82) is 0 Å². The van der Waals surface area contributed by atoms with Crippen molar-refractivity contribution in [3.05, 3.63) is 29.6 Å². The lowest BCUT2D eigenvalue weighted by molar-refractivity contribution is -0.132. The smallest absolute Gasteiger partial charge is 0.223 e. The molecule has 1 saturated heterocycles. The van der Waals surface area contributed by atoms with Crippen molar-refractivity contribution in [3.63, 3.8) is 0 Å². The first-order valence-corrected chi connectivity index (χ1v) is 8.27. The van der Waals surface area contributed by atoms with E-state index in [4.69, 9.17) is 8.94 Å². The molecule has 1 aliphatic heterocycles. The molecule has 1 amide bonds. The number of likely N-dealkylation sites (tertiary alicyclic amines) is 1. The summed E-state index contributed by atoms with van der Waals surface area (Å²) < 4.78 is 10.7. The number of amides is 1. The van der Waals surface area contributed by atoms with E-state index in [-0.39, 0.29) is 11.9 Å². The highest BCUT2D eigenvalue weighted by molar-refractivity contribution is 5.73. The highest BCUT2D eigenvalue weighted by Gasteiger charge is 2.30. The third-order valence-electron chi connectivity index (χ3n) is 4.28. The van der Waals surface area contributed by atoms with Gasteiger partial charge in [-0.3, -0.25) is 9.69 Å². The molecule has 0 saturated carbocycles. The Hall–Kier alpha value is -2.22. The largest absolute Gasteiger partial charge is 0.444 e. The number of hydrogen-bond acceptors (Lipinski definition) is 7. The summed E-state index contributed by atoms with van der Waals surface area (Å²) >= 11 is 0. The van der Waals surface area contributed by atoms with Gasteiger partial charge in [-0.25, -0.2) is 4.98 Å². The van der Waals surface area contributed by atoms with Gasteiger partial charge in [-0.15, -0.1) is 0 Å².